The summed E-state index contributed by atoms with van der Waals surface area (Å²) in [5.74, 6) is 0.878. The first-order valence-electron chi connectivity index (χ1n) is 6.84. The summed E-state index contributed by atoms with van der Waals surface area (Å²) in [5.41, 5.74) is 7.01. The summed E-state index contributed by atoms with van der Waals surface area (Å²) >= 11 is 1.74. The molecular formula is C18H17NOS. The van der Waals surface area contributed by atoms with Crippen molar-refractivity contribution in [1.29, 1.82) is 0 Å². The fourth-order valence-corrected chi connectivity index (χ4v) is 3.39. The number of rotatable bonds is 4. The molecule has 0 aliphatic rings. The molecule has 0 fully saturated rings. The maximum absolute atomic E-state index is 5.83. The molecule has 3 aromatic rings. The molecule has 0 saturated heterocycles. The van der Waals surface area contributed by atoms with E-state index in [-0.39, 0.29) is 0 Å². The molecule has 0 bridgehead atoms. The molecule has 0 aliphatic carbocycles. The van der Waals surface area contributed by atoms with E-state index in [1.807, 2.05) is 12.1 Å². The van der Waals surface area contributed by atoms with Crippen LogP contribution in [0.1, 0.15) is 5.56 Å². The molecule has 2 N–H and O–H groups in total. The molecule has 0 saturated carbocycles. The average Bonchev–Trinajstić information content (AvgIpc) is 2.55. The van der Waals surface area contributed by atoms with Crippen LogP contribution in [0.5, 0.6) is 5.75 Å². The Morgan fingerprint density at radius 2 is 1.76 bits per heavy atom. The second-order valence-electron chi connectivity index (χ2n) is 4.75. The topological polar surface area (TPSA) is 35.2 Å². The predicted molar refractivity (Wildman–Crippen MR) is 89.0 cm³/mol. The van der Waals surface area contributed by atoms with Crippen molar-refractivity contribution in [2.45, 2.75) is 16.3 Å². The van der Waals surface area contributed by atoms with Crippen LogP contribution in [0.3, 0.4) is 0 Å². The van der Waals surface area contributed by atoms with Gasteiger partial charge in [-0.15, -0.1) is 0 Å². The minimum atomic E-state index is 0.560. The lowest BCUT2D eigenvalue weighted by molar-refractivity contribution is 0.413. The second kappa shape index (κ2) is 6.20. The Hall–Kier alpha value is -1.97. The first-order chi connectivity index (χ1) is 10.3. The summed E-state index contributed by atoms with van der Waals surface area (Å²) in [4.78, 5) is 2.40. The Kier molecular flexibility index (Phi) is 4.13. The predicted octanol–water partition coefficient (Wildman–Crippen LogP) is 4.46. The van der Waals surface area contributed by atoms with Gasteiger partial charge in [-0.25, -0.2) is 0 Å². The van der Waals surface area contributed by atoms with Crippen LogP contribution in [-0.4, -0.2) is 7.11 Å². The van der Waals surface area contributed by atoms with E-state index in [2.05, 4.69) is 48.5 Å². The zero-order chi connectivity index (χ0) is 14.7. The number of hydrogen-bond acceptors (Lipinski definition) is 3. The molecule has 0 amide bonds. The molecule has 3 rings (SSSR count). The molecular weight excluding hydrogens is 278 g/mol. The Labute approximate surface area is 128 Å². The number of ether oxygens (including phenoxy) is 1. The molecule has 0 unspecified atom stereocenters. The molecule has 0 aliphatic heterocycles. The van der Waals surface area contributed by atoms with Gasteiger partial charge in [-0.1, -0.05) is 48.2 Å². The number of nitrogens with two attached hydrogens (primary N) is 1. The normalized spacial score (nSPS) is 10.8. The number of fused-ring (bicyclic) bond motifs is 1. The summed E-state index contributed by atoms with van der Waals surface area (Å²) in [6, 6.07) is 20.8. The van der Waals surface area contributed by atoms with Gasteiger partial charge in [-0.05, 0) is 40.6 Å². The van der Waals surface area contributed by atoms with Gasteiger partial charge in [-0.3, -0.25) is 0 Å². The van der Waals surface area contributed by atoms with Crippen molar-refractivity contribution in [2.24, 2.45) is 5.73 Å². The van der Waals surface area contributed by atoms with Gasteiger partial charge in [0.1, 0.15) is 5.75 Å². The van der Waals surface area contributed by atoms with Gasteiger partial charge in [0, 0.05) is 16.3 Å². The van der Waals surface area contributed by atoms with Crippen LogP contribution < -0.4 is 10.5 Å². The molecule has 0 aromatic heterocycles. The van der Waals surface area contributed by atoms with Crippen LogP contribution in [0, 0.1) is 0 Å². The number of hydrogen-bond donors (Lipinski definition) is 1. The zero-order valence-corrected chi connectivity index (χ0v) is 12.7. The highest BCUT2D eigenvalue weighted by Gasteiger charge is 2.07. The zero-order valence-electron chi connectivity index (χ0n) is 11.9. The van der Waals surface area contributed by atoms with Crippen molar-refractivity contribution >= 4 is 22.5 Å². The molecule has 0 spiro atoms. The van der Waals surface area contributed by atoms with E-state index in [9.17, 15) is 0 Å². The maximum Gasteiger partial charge on any atom is 0.119 e. The number of methoxy groups -OCH3 is 1. The lowest BCUT2D eigenvalue weighted by Crippen LogP contribution is -1.97. The van der Waals surface area contributed by atoms with E-state index in [1.165, 1.54) is 26.1 Å². The van der Waals surface area contributed by atoms with Crippen molar-refractivity contribution in [2.75, 3.05) is 7.11 Å². The second-order valence-corrected chi connectivity index (χ2v) is 5.87. The highest BCUT2D eigenvalue weighted by molar-refractivity contribution is 7.99. The third-order valence-electron chi connectivity index (χ3n) is 3.46. The Morgan fingerprint density at radius 3 is 2.52 bits per heavy atom. The quantitative estimate of drug-likeness (QED) is 0.772. The first-order valence-corrected chi connectivity index (χ1v) is 7.66. The summed E-state index contributed by atoms with van der Waals surface area (Å²) in [6.07, 6.45) is 0. The lowest BCUT2D eigenvalue weighted by atomic mass is 10.0. The van der Waals surface area contributed by atoms with E-state index in [0.29, 0.717) is 6.54 Å². The molecule has 3 heteroatoms. The van der Waals surface area contributed by atoms with Gasteiger partial charge in [0.2, 0.25) is 0 Å². The van der Waals surface area contributed by atoms with Crippen molar-refractivity contribution in [3.05, 3.63) is 66.2 Å². The summed E-state index contributed by atoms with van der Waals surface area (Å²) in [5, 5.41) is 2.47. The molecule has 0 heterocycles. The monoisotopic (exact) mass is 295 g/mol. The molecule has 0 radical (unpaired) electrons. The highest BCUT2D eigenvalue weighted by Crippen LogP contribution is 2.35. The van der Waals surface area contributed by atoms with Crippen LogP contribution in [0.2, 0.25) is 0 Å². The van der Waals surface area contributed by atoms with Gasteiger partial charge in [0.05, 0.1) is 7.11 Å². The standard InChI is InChI=1S/C18H17NOS/c1-20-14-5-4-6-15(11-14)21-18-10-9-13(12-19)16-7-2-3-8-17(16)18/h2-11H,12,19H2,1H3. The summed E-state index contributed by atoms with van der Waals surface area (Å²) in [6.45, 7) is 0.560. The Morgan fingerprint density at radius 1 is 0.952 bits per heavy atom. The molecule has 2 nitrogen and oxygen atoms in total. The van der Waals surface area contributed by atoms with Crippen molar-refractivity contribution < 1.29 is 4.74 Å². The van der Waals surface area contributed by atoms with Crippen LogP contribution in [-0.2, 0) is 6.54 Å². The summed E-state index contributed by atoms with van der Waals surface area (Å²) < 4.78 is 5.29. The molecule has 106 valence electrons. The fraction of sp³-hybridized carbons (Fsp3) is 0.111. The molecule has 0 atom stereocenters. The van der Waals surface area contributed by atoms with E-state index >= 15 is 0 Å². The molecule has 3 aromatic carbocycles. The van der Waals surface area contributed by atoms with Crippen molar-refractivity contribution in [3.63, 3.8) is 0 Å². The number of benzene rings is 3. The Bertz CT molecular complexity index is 770. The molecule has 21 heavy (non-hydrogen) atoms. The minimum absolute atomic E-state index is 0.560. The summed E-state index contributed by atoms with van der Waals surface area (Å²) in [7, 11) is 1.69. The van der Waals surface area contributed by atoms with Crippen LogP contribution in [0.4, 0.5) is 0 Å². The van der Waals surface area contributed by atoms with Crippen molar-refractivity contribution in [1.82, 2.24) is 0 Å². The highest BCUT2D eigenvalue weighted by atomic mass is 32.2. The van der Waals surface area contributed by atoms with E-state index in [1.54, 1.807) is 18.9 Å². The van der Waals surface area contributed by atoms with Gasteiger partial charge in [0.15, 0.2) is 0 Å². The average molecular weight is 295 g/mol. The fourth-order valence-electron chi connectivity index (χ4n) is 2.39. The van der Waals surface area contributed by atoms with E-state index < -0.39 is 0 Å². The Balaban J connectivity index is 2.04. The maximum atomic E-state index is 5.83. The first kappa shape index (κ1) is 14.0. The van der Waals surface area contributed by atoms with Gasteiger partial charge >= 0.3 is 0 Å². The van der Waals surface area contributed by atoms with E-state index in [0.717, 1.165) is 5.75 Å². The van der Waals surface area contributed by atoms with E-state index in [4.69, 9.17) is 10.5 Å². The van der Waals surface area contributed by atoms with Crippen molar-refractivity contribution in [3.8, 4) is 5.75 Å². The van der Waals surface area contributed by atoms with Crippen LogP contribution in [0.25, 0.3) is 10.8 Å². The lowest BCUT2D eigenvalue weighted by Gasteiger charge is -2.10. The SMILES string of the molecule is COc1cccc(Sc2ccc(CN)c3ccccc23)c1. The third-order valence-corrected chi connectivity index (χ3v) is 4.53. The van der Waals surface area contributed by atoms with Gasteiger partial charge in [0.25, 0.3) is 0 Å². The smallest absolute Gasteiger partial charge is 0.119 e. The van der Waals surface area contributed by atoms with Gasteiger partial charge in [-0.2, -0.15) is 0 Å². The van der Waals surface area contributed by atoms with Gasteiger partial charge < -0.3 is 10.5 Å². The van der Waals surface area contributed by atoms with Crippen LogP contribution in [0.15, 0.2) is 70.5 Å². The minimum Gasteiger partial charge on any atom is -0.497 e. The largest absolute Gasteiger partial charge is 0.497 e. The van der Waals surface area contributed by atoms with Crippen LogP contribution >= 0.6 is 11.8 Å². The third kappa shape index (κ3) is 2.89.